The first-order valence-electron chi connectivity index (χ1n) is 7.33. The molecule has 2 fully saturated rings. The summed E-state index contributed by atoms with van der Waals surface area (Å²) >= 11 is 6.15. The van der Waals surface area contributed by atoms with E-state index in [4.69, 9.17) is 10.00 Å². The van der Waals surface area contributed by atoms with Crippen LogP contribution >= 0.6 is 31.7 Å². The van der Waals surface area contributed by atoms with Gasteiger partial charge in [-0.2, -0.15) is 11.8 Å². The van der Waals surface area contributed by atoms with Crippen molar-refractivity contribution in [1.29, 1.82) is 0 Å². The summed E-state index contributed by atoms with van der Waals surface area (Å²) in [6.45, 7) is -0.0698. The number of aliphatic carboxylic acids is 1. The molecule has 0 bridgehead atoms. The maximum Gasteiger partial charge on any atom is 0.400 e. The SMILES string of the molecule is NP(=O)(O)OCC=S.O=C(O)CCCC[C@@H]1SC[C@@H]2NC(=O)N[C@@H]21. The van der Waals surface area contributed by atoms with E-state index in [9.17, 15) is 14.2 Å². The molecule has 9 nitrogen and oxygen atoms in total. The minimum Gasteiger partial charge on any atom is -0.481 e. The summed E-state index contributed by atoms with van der Waals surface area (Å²) in [5.41, 5.74) is 4.54. The average molecular weight is 399 g/mol. The van der Waals surface area contributed by atoms with Gasteiger partial charge in [-0.3, -0.25) is 9.32 Å². The molecule has 4 atom stereocenters. The molecule has 6 N–H and O–H groups in total. The Kier molecular flexibility index (Phi) is 9.17. The molecule has 2 aliphatic heterocycles. The van der Waals surface area contributed by atoms with Crippen molar-refractivity contribution < 1.29 is 28.7 Å². The highest BCUT2D eigenvalue weighted by atomic mass is 32.2. The molecular weight excluding hydrogens is 377 g/mol. The summed E-state index contributed by atoms with van der Waals surface area (Å²) in [5, 5.41) is 16.0. The maximum absolute atomic E-state index is 11.1. The number of rotatable bonds is 8. The Balaban J connectivity index is 0.000000307. The monoisotopic (exact) mass is 399 g/mol. The highest BCUT2D eigenvalue weighted by Crippen LogP contribution is 2.33. The van der Waals surface area contributed by atoms with Gasteiger partial charge in [-0.25, -0.2) is 14.9 Å². The van der Waals surface area contributed by atoms with Gasteiger partial charge in [0.15, 0.2) is 0 Å². The Morgan fingerprint density at radius 2 is 2.21 bits per heavy atom. The Morgan fingerprint density at radius 3 is 2.75 bits per heavy atom. The summed E-state index contributed by atoms with van der Waals surface area (Å²) in [6.07, 6.45) is 2.88. The van der Waals surface area contributed by atoms with Crippen molar-refractivity contribution in [2.45, 2.75) is 43.0 Å². The van der Waals surface area contributed by atoms with Crippen molar-refractivity contribution >= 4 is 49.1 Å². The van der Waals surface area contributed by atoms with Crippen LogP contribution in [-0.2, 0) is 13.9 Å². The molecule has 0 saturated carbocycles. The molecule has 0 aromatic carbocycles. The number of nitrogens with two attached hydrogens (primary N) is 1. The maximum atomic E-state index is 11.1. The van der Waals surface area contributed by atoms with Crippen molar-refractivity contribution in [3.05, 3.63) is 0 Å². The fraction of sp³-hybridized carbons (Fsp3) is 0.750. The topological polar surface area (TPSA) is 151 Å². The molecule has 12 heteroatoms. The second-order valence-electron chi connectivity index (χ2n) is 5.29. The molecule has 0 aromatic heterocycles. The zero-order valence-electron chi connectivity index (χ0n) is 12.9. The minimum atomic E-state index is -3.78. The number of carboxylic acid groups (broad SMARTS) is 1. The molecule has 1 unspecified atom stereocenters. The molecule has 0 aromatic rings. The van der Waals surface area contributed by atoms with Crippen LogP contribution in [0.15, 0.2) is 0 Å². The number of thiocarbonyl (C=S) groups is 1. The van der Waals surface area contributed by atoms with Crippen LogP contribution in [0.1, 0.15) is 25.7 Å². The van der Waals surface area contributed by atoms with Crippen LogP contribution in [0, 0.1) is 0 Å². The van der Waals surface area contributed by atoms with Gasteiger partial charge in [0, 0.05) is 22.8 Å². The smallest absolute Gasteiger partial charge is 0.400 e. The van der Waals surface area contributed by atoms with Gasteiger partial charge in [0.05, 0.1) is 18.7 Å². The number of carboxylic acids is 1. The van der Waals surface area contributed by atoms with Crippen molar-refractivity contribution in [1.82, 2.24) is 10.6 Å². The number of unbranched alkanes of at least 4 members (excludes halogenated alkanes) is 1. The summed E-state index contributed by atoms with van der Waals surface area (Å²) in [7, 11) is -3.78. The second kappa shape index (κ2) is 10.3. The number of amides is 2. The van der Waals surface area contributed by atoms with Crippen molar-refractivity contribution in [2.24, 2.45) is 5.50 Å². The lowest BCUT2D eigenvalue weighted by atomic mass is 10.0. The van der Waals surface area contributed by atoms with Gasteiger partial charge in [-0.15, -0.1) is 0 Å². The molecule has 2 saturated heterocycles. The number of carbonyl (C=O) groups is 2. The molecule has 2 heterocycles. The summed E-state index contributed by atoms with van der Waals surface area (Å²) in [4.78, 5) is 29.7. The number of carbonyl (C=O) groups excluding carboxylic acids is 1. The predicted molar refractivity (Wildman–Crippen MR) is 95.2 cm³/mol. The lowest BCUT2D eigenvalue weighted by Gasteiger charge is -2.16. The molecule has 0 aliphatic carbocycles. The van der Waals surface area contributed by atoms with Crippen LogP contribution in [0.25, 0.3) is 0 Å². The van der Waals surface area contributed by atoms with Gasteiger partial charge in [-0.05, 0) is 12.8 Å². The summed E-state index contributed by atoms with van der Waals surface area (Å²) < 4.78 is 14.1. The van der Waals surface area contributed by atoms with Crippen LogP contribution in [0.2, 0.25) is 0 Å². The van der Waals surface area contributed by atoms with Crippen LogP contribution in [0.5, 0.6) is 0 Å². The Bertz CT molecular complexity index is 503. The zero-order valence-corrected chi connectivity index (χ0v) is 15.4. The third-order valence-corrected chi connectivity index (χ3v) is 5.56. The molecule has 2 amide bonds. The van der Waals surface area contributed by atoms with Gasteiger partial charge in [0.25, 0.3) is 0 Å². The number of urea groups is 1. The van der Waals surface area contributed by atoms with E-state index >= 15 is 0 Å². The first-order chi connectivity index (χ1) is 11.2. The van der Waals surface area contributed by atoms with Crippen LogP contribution < -0.4 is 16.1 Å². The van der Waals surface area contributed by atoms with Gasteiger partial charge in [0.2, 0.25) is 0 Å². The normalized spacial score (nSPS) is 27.1. The Hall–Kier alpha value is -0.710. The van der Waals surface area contributed by atoms with E-state index in [1.807, 2.05) is 11.8 Å². The number of thioether (sulfide) groups is 1. The minimum absolute atomic E-state index is 0.0640. The van der Waals surface area contributed by atoms with E-state index < -0.39 is 13.7 Å². The van der Waals surface area contributed by atoms with E-state index in [0.29, 0.717) is 5.25 Å². The molecule has 0 spiro atoms. The fourth-order valence-corrected chi connectivity index (χ4v) is 4.40. The molecule has 0 radical (unpaired) electrons. The first-order valence-corrected chi connectivity index (χ1v) is 10.5. The van der Waals surface area contributed by atoms with Crippen molar-refractivity contribution in [3.8, 4) is 0 Å². The predicted octanol–water partition coefficient (Wildman–Crippen LogP) is 0.859. The molecular formula is C12H22N3O6PS2. The largest absolute Gasteiger partial charge is 0.481 e. The number of hydrogen-bond donors (Lipinski definition) is 5. The zero-order chi connectivity index (χ0) is 18.2. The number of nitrogens with one attached hydrogen (secondary N) is 2. The third-order valence-electron chi connectivity index (χ3n) is 3.39. The van der Waals surface area contributed by atoms with E-state index in [2.05, 4.69) is 32.9 Å². The lowest BCUT2D eigenvalue weighted by Crippen LogP contribution is -2.36. The average Bonchev–Trinajstić information content (AvgIpc) is 3.01. The fourth-order valence-electron chi connectivity index (χ4n) is 2.40. The summed E-state index contributed by atoms with van der Waals surface area (Å²) in [5.74, 6) is 0.236. The van der Waals surface area contributed by atoms with E-state index in [-0.39, 0.29) is 31.1 Å². The summed E-state index contributed by atoms with van der Waals surface area (Å²) in [6, 6.07) is 0.440. The molecule has 2 rings (SSSR count). The molecule has 2 aliphatic rings. The van der Waals surface area contributed by atoms with Crippen LogP contribution in [0.3, 0.4) is 0 Å². The molecule has 138 valence electrons. The third kappa shape index (κ3) is 8.41. The van der Waals surface area contributed by atoms with Gasteiger partial charge in [0.1, 0.15) is 0 Å². The van der Waals surface area contributed by atoms with Crippen LogP contribution in [-0.4, -0.2) is 57.1 Å². The Morgan fingerprint density at radius 1 is 1.50 bits per heavy atom. The standard InChI is InChI=1S/C10H16N2O3S.C2H6NO3PS/c13-8(14)4-2-1-3-7-9-6(5-16-7)11-10(15)12-9;3-7(4,5)6-1-2-8/h6-7,9H,1-5H2,(H,13,14)(H2,11,12,15);2H,1H2,(H3,3,4,5)/t6-,7-,9-;/m0./s1. The van der Waals surface area contributed by atoms with E-state index in [0.717, 1.165) is 25.0 Å². The molecule has 24 heavy (non-hydrogen) atoms. The second-order valence-corrected chi connectivity index (χ2v) is 8.28. The quantitative estimate of drug-likeness (QED) is 0.173. The van der Waals surface area contributed by atoms with Crippen molar-refractivity contribution in [2.75, 3.05) is 12.4 Å². The Labute approximate surface area is 149 Å². The lowest BCUT2D eigenvalue weighted by molar-refractivity contribution is -0.137. The number of hydrogen-bond acceptors (Lipinski definition) is 6. The van der Waals surface area contributed by atoms with Gasteiger partial charge in [-0.1, -0.05) is 18.6 Å². The first kappa shape index (κ1) is 21.3. The number of fused-ring (bicyclic) bond motifs is 1. The highest BCUT2D eigenvalue weighted by molar-refractivity contribution is 8.00. The van der Waals surface area contributed by atoms with Crippen molar-refractivity contribution in [3.63, 3.8) is 0 Å². The van der Waals surface area contributed by atoms with E-state index in [1.54, 1.807) is 0 Å². The van der Waals surface area contributed by atoms with Crippen LogP contribution in [0.4, 0.5) is 4.79 Å². The van der Waals surface area contributed by atoms with Gasteiger partial charge >= 0.3 is 19.7 Å². The highest BCUT2D eigenvalue weighted by Gasteiger charge is 2.42. The van der Waals surface area contributed by atoms with E-state index in [1.165, 1.54) is 5.37 Å². The van der Waals surface area contributed by atoms with Gasteiger partial charge < -0.3 is 20.6 Å².